The van der Waals surface area contributed by atoms with E-state index < -0.39 is 48.6 Å². The number of primary amides is 1. The van der Waals surface area contributed by atoms with Crippen LogP contribution in [0.4, 0.5) is 0 Å². The minimum absolute atomic E-state index is 0.737. The molecule has 9 nitrogen and oxygen atoms in total. The van der Waals surface area contributed by atoms with E-state index >= 15 is 0 Å². The van der Waals surface area contributed by atoms with Gasteiger partial charge in [-0.15, -0.1) is 0 Å². The molecule has 0 radical (unpaired) electrons. The Morgan fingerprint density at radius 1 is 1.33 bits per heavy atom. The number of carbonyl (C=O) groups excluding carboxylic acids is 2. The van der Waals surface area contributed by atoms with E-state index in [0.717, 1.165) is 6.92 Å². The average molecular weight is 264 g/mol. The van der Waals surface area contributed by atoms with E-state index in [1.54, 1.807) is 0 Å². The van der Waals surface area contributed by atoms with Crippen LogP contribution in [0.3, 0.4) is 0 Å². The Labute approximate surface area is 102 Å². The van der Waals surface area contributed by atoms with Crippen molar-refractivity contribution in [3.05, 3.63) is 0 Å². The first-order chi connectivity index (χ1) is 8.26. The van der Waals surface area contributed by atoms with Crippen molar-refractivity contribution in [2.75, 3.05) is 6.61 Å². The van der Waals surface area contributed by atoms with Crippen molar-refractivity contribution in [3.8, 4) is 0 Å². The number of nitrogens with two attached hydrogens (primary N) is 1. The molecule has 1 rings (SSSR count). The first-order valence-corrected chi connectivity index (χ1v) is 5.17. The standard InChI is InChI=1S/C9H16N2O7/c1-3(13)11-9(8(10)17)7(16)6(15)5(14)4(2-12)18-9/h4-7,12,14-16H,2H2,1H3,(H2,10,17)(H,11,13)/t4-,5-,6+,7-,9-/m1/s1. The third kappa shape index (κ3) is 2.31. The Kier molecular flexibility index (Phi) is 4.24. The number of hydrogen-bond acceptors (Lipinski definition) is 7. The van der Waals surface area contributed by atoms with Crippen molar-refractivity contribution in [2.45, 2.75) is 37.1 Å². The number of aliphatic hydroxyl groups is 4. The van der Waals surface area contributed by atoms with E-state index in [1.807, 2.05) is 5.32 Å². The molecule has 18 heavy (non-hydrogen) atoms. The van der Waals surface area contributed by atoms with Crippen LogP contribution < -0.4 is 11.1 Å². The molecule has 104 valence electrons. The fraction of sp³-hybridized carbons (Fsp3) is 0.778. The number of rotatable bonds is 3. The molecule has 5 atom stereocenters. The molecule has 0 aromatic carbocycles. The summed E-state index contributed by atoms with van der Waals surface area (Å²) in [6.07, 6.45) is -6.76. The summed E-state index contributed by atoms with van der Waals surface area (Å²) in [4.78, 5) is 22.4. The van der Waals surface area contributed by atoms with Gasteiger partial charge in [0.2, 0.25) is 5.91 Å². The zero-order chi connectivity index (χ0) is 14.1. The smallest absolute Gasteiger partial charge is 0.273 e. The van der Waals surface area contributed by atoms with E-state index in [2.05, 4.69) is 0 Å². The summed E-state index contributed by atoms with van der Waals surface area (Å²) in [7, 11) is 0. The molecule has 0 unspecified atom stereocenters. The van der Waals surface area contributed by atoms with Gasteiger partial charge in [0.05, 0.1) is 6.61 Å². The van der Waals surface area contributed by atoms with Crippen LogP contribution in [0.1, 0.15) is 6.92 Å². The number of aliphatic hydroxyl groups excluding tert-OH is 4. The number of ether oxygens (including phenoxy) is 1. The minimum atomic E-state index is -2.39. The fourth-order valence-electron chi connectivity index (χ4n) is 1.80. The zero-order valence-corrected chi connectivity index (χ0v) is 9.61. The van der Waals surface area contributed by atoms with Crippen LogP contribution in [0.5, 0.6) is 0 Å². The maximum atomic E-state index is 11.4. The monoisotopic (exact) mass is 264 g/mol. The summed E-state index contributed by atoms with van der Waals surface area (Å²) in [6.45, 7) is 0.311. The summed E-state index contributed by atoms with van der Waals surface area (Å²) in [6, 6.07) is 0. The number of carbonyl (C=O) groups is 2. The van der Waals surface area contributed by atoms with Crippen LogP contribution in [0, 0.1) is 0 Å². The quantitative estimate of drug-likeness (QED) is 0.301. The van der Waals surface area contributed by atoms with Crippen molar-refractivity contribution in [2.24, 2.45) is 5.73 Å². The SMILES string of the molecule is CC(=O)N[C@@]1(C(N)=O)O[C@H](CO)[C@@H](O)[C@H](O)[C@H]1O. The van der Waals surface area contributed by atoms with Gasteiger partial charge in [-0.25, -0.2) is 0 Å². The van der Waals surface area contributed by atoms with Crippen LogP contribution in [0.15, 0.2) is 0 Å². The predicted molar refractivity (Wildman–Crippen MR) is 55.7 cm³/mol. The van der Waals surface area contributed by atoms with Crippen LogP contribution in [0.2, 0.25) is 0 Å². The second-order valence-corrected chi connectivity index (χ2v) is 4.05. The topological polar surface area (TPSA) is 162 Å². The van der Waals surface area contributed by atoms with Crippen molar-refractivity contribution in [3.63, 3.8) is 0 Å². The maximum absolute atomic E-state index is 11.4. The molecule has 9 heteroatoms. The van der Waals surface area contributed by atoms with E-state index in [1.165, 1.54) is 0 Å². The molecule has 7 N–H and O–H groups in total. The van der Waals surface area contributed by atoms with Gasteiger partial charge in [-0.3, -0.25) is 9.59 Å². The first-order valence-electron chi connectivity index (χ1n) is 5.17. The van der Waals surface area contributed by atoms with E-state index in [-0.39, 0.29) is 0 Å². The Bertz CT molecular complexity index is 348. The molecule has 1 aliphatic rings. The molecular weight excluding hydrogens is 248 g/mol. The molecule has 0 spiro atoms. The van der Waals surface area contributed by atoms with Crippen molar-refractivity contribution >= 4 is 11.8 Å². The molecule has 1 saturated heterocycles. The highest BCUT2D eigenvalue weighted by Gasteiger charge is 2.57. The second-order valence-electron chi connectivity index (χ2n) is 4.05. The van der Waals surface area contributed by atoms with Gasteiger partial charge in [0, 0.05) is 6.92 Å². The van der Waals surface area contributed by atoms with Gasteiger partial charge in [0.1, 0.15) is 24.4 Å². The maximum Gasteiger partial charge on any atom is 0.273 e. The first kappa shape index (κ1) is 14.8. The average Bonchev–Trinajstić information content (AvgIpc) is 2.29. The van der Waals surface area contributed by atoms with E-state index in [0.29, 0.717) is 0 Å². The predicted octanol–water partition coefficient (Wildman–Crippen LogP) is -4.22. The van der Waals surface area contributed by atoms with Gasteiger partial charge < -0.3 is 36.2 Å². The molecular formula is C9H16N2O7. The highest BCUT2D eigenvalue weighted by atomic mass is 16.6. The molecule has 2 amide bonds. The van der Waals surface area contributed by atoms with Crippen molar-refractivity contribution in [1.29, 1.82) is 0 Å². The lowest BCUT2D eigenvalue weighted by molar-refractivity contribution is -0.272. The zero-order valence-electron chi connectivity index (χ0n) is 9.61. The Morgan fingerprint density at radius 2 is 1.89 bits per heavy atom. The highest BCUT2D eigenvalue weighted by Crippen LogP contribution is 2.28. The third-order valence-corrected chi connectivity index (χ3v) is 2.72. The number of nitrogens with one attached hydrogen (secondary N) is 1. The summed E-state index contributed by atoms with van der Waals surface area (Å²) in [5.74, 6) is -2.00. The van der Waals surface area contributed by atoms with Gasteiger partial charge >= 0.3 is 0 Å². The minimum Gasteiger partial charge on any atom is -0.394 e. The van der Waals surface area contributed by atoms with Crippen LogP contribution in [-0.2, 0) is 14.3 Å². The van der Waals surface area contributed by atoms with E-state index in [4.69, 9.17) is 15.6 Å². The fourth-order valence-corrected chi connectivity index (χ4v) is 1.80. The lowest BCUT2D eigenvalue weighted by atomic mass is 9.90. The van der Waals surface area contributed by atoms with Crippen molar-refractivity contribution < 1.29 is 34.8 Å². The van der Waals surface area contributed by atoms with Gasteiger partial charge in [0.15, 0.2) is 0 Å². The second kappa shape index (κ2) is 5.16. The molecule has 0 aliphatic carbocycles. The molecule has 0 aromatic heterocycles. The van der Waals surface area contributed by atoms with Crippen molar-refractivity contribution in [1.82, 2.24) is 5.32 Å². The summed E-state index contributed by atoms with van der Waals surface area (Å²) in [5, 5.41) is 39.8. The van der Waals surface area contributed by atoms with Crippen LogP contribution in [0.25, 0.3) is 0 Å². The lowest BCUT2D eigenvalue weighted by Crippen LogP contribution is -2.75. The lowest BCUT2D eigenvalue weighted by Gasteiger charge is -2.46. The largest absolute Gasteiger partial charge is 0.394 e. The number of amides is 2. The molecule has 0 aromatic rings. The van der Waals surface area contributed by atoms with Gasteiger partial charge in [-0.1, -0.05) is 0 Å². The number of hydrogen-bond donors (Lipinski definition) is 6. The van der Waals surface area contributed by atoms with Gasteiger partial charge in [-0.2, -0.15) is 0 Å². The van der Waals surface area contributed by atoms with E-state index in [9.17, 15) is 24.9 Å². The molecule has 0 bridgehead atoms. The van der Waals surface area contributed by atoms with Crippen LogP contribution in [-0.4, -0.2) is 69.0 Å². The Morgan fingerprint density at radius 3 is 2.28 bits per heavy atom. The van der Waals surface area contributed by atoms with Gasteiger partial charge in [0.25, 0.3) is 11.6 Å². The molecule has 0 saturated carbocycles. The summed E-state index contributed by atoms with van der Waals surface area (Å²) in [5.41, 5.74) is 2.66. The van der Waals surface area contributed by atoms with Crippen LogP contribution >= 0.6 is 0 Å². The summed E-state index contributed by atoms with van der Waals surface area (Å²) >= 11 is 0. The summed E-state index contributed by atoms with van der Waals surface area (Å²) < 4.78 is 4.97. The highest BCUT2D eigenvalue weighted by molar-refractivity contribution is 5.89. The molecule has 1 fully saturated rings. The third-order valence-electron chi connectivity index (χ3n) is 2.72. The molecule has 1 heterocycles. The van der Waals surface area contributed by atoms with Gasteiger partial charge in [-0.05, 0) is 0 Å². The normalized spacial score (nSPS) is 40.3. The molecule has 1 aliphatic heterocycles. The Balaban J connectivity index is 3.15. The Hall–Kier alpha value is -1.26.